The van der Waals surface area contributed by atoms with Crippen LogP contribution in [0.5, 0.6) is 5.75 Å². The van der Waals surface area contributed by atoms with Gasteiger partial charge in [0.1, 0.15) is 24.1 Å². The first-order chi connectivity index (χ1) is 18.8. The maximum Gasteiger partial charge on any atom is 0.246 e. The topological polar surface area (TPSA) is 108 Å². The summed E-state index contributed by atoms with van der Waals surface area (Å²) < 4.78 is 30.4. The van der Waals surface area contributed by atoms with Gasteiger partial charge in [0.25, 0.3) is 0 Å². The number of rotatable bonds is 4. The van der Waals surface area contributed by atoms with Crippen molar-refractivity contribution in [1.82, 2.24) is 19.8 Å². The highest BCUT2D eigenvalue weighted by molar-refractivity contribution is 7.91. The van der Waals surface area contributed by atoms with E-state index < -0.39 is 15.9 Å². The molecule has 2 aromatic rings. The second-order valence-electron chi connectivity index (χ2n) is 10.7. The van der Waals surface area contributed by atoms with Gasteiger partial charge >= 0.3 is 0 Å². The summed E-state index contributed by atoms with van der Waals surface area (Å²) in [7, 11) is -3.02. The van der Waals surface area contributed by atoms with Gasteiger partial charge in [0.15, 0.2) is 15.6 Å². The molecule has 5 heterocycles. The number of carbonyl (C=O) groups excluding carboxylic acids is 1. The minimum Gasteiger partial charge on any atom is -0.482 e. The van der Waals surface area contributed by atoms with E-state index in [1.54, 1.807) is 0 Å². The number of fused-ring (bicyclic) bond motifs is 2. The molecule has 4 aliphatic heterocycles. The van der Waals surface area contributed by atoms with Gasteiger partial charge in [-0.3, -0.25) is 9.69 Å². The van der Waals surface area contributed by atoms with Crippen molar-refractivity contribution >= 4 is 33.1 Å². The van der Waals surface area contributed by atoms with Gasteiger partial charge in [0, 0.05) is 51.2 Å². The zero-order chi connectivity index (χ0) is 27.3. The summed E-state index contributed by atoms with van der Waals surface area (Å²) in [5.41, 5.74) is 3.36. The van der Waals surface area contributed by atoms with E-state index in [4.69, 9.17) is 11.2 Å². The van der Waals surface area contributed by atoms with E-state index in [0.717, 1.165) is 49.4 Å². The first-order valence-electron chi connectivity index (χ1n) is 13.3. The second kappa shape index (κ2) is 9.84. The fourth-order valence-corrected chi connectivity index (χ4v) is 7.21. The van der Waals surface area contributed by atoms with Crippen LogP contribution in [0.2, 0.25) is 0 Å². The van der Waals surface area contributed by atoms with Gasteiger partial charge in [-0.25, -0.2) is 18.4 Å². The van der Waals surface area contributed by atoms with Crippen LogP contribution in [0, 0.1) is 12.3 Å². The highest BCUT2D eigenvalue weighted by Crippen LogP contribution is 2.45. The third kappa shape index (κ3) is 4.72. The first kappa shape index (κ1) is 25.6. The largest absolute Gasteiger partial charge is 0.482 e. The molecule has 1 aromatic heterocycles. The lowest BCUT2D eigenvalue weighted by Gasteiger charge is -2.43. The van der Waals surface area contributed by atoms with Crippen molar-refractivity contribution in [2.45, 2.75) is 31.4 Å². The Morgan fingerprint density at radius 1 is 1.21 bits per heavy atom. The van der Waals surface area contributed by atoms with Gasteiger partial charge in [-0.05, 0) is 37.1 Å². The molecule has 3 saturated heterocycles. The summed E-state index contributed by atoms with van der Waals surface area (Å²) in [5.74, 6) is 5.24. The number of amides is 1. The summed E-state index contributed by atoms with van der Waals surface area (Å²) in [4.78, 5) is 27.3. The maximum atomic E-state index is 12.0. The minimum absolute atomic E-state index is 0.00291. The van der Waals surface area contributed by atoms with E-state index in [1.165, 1.54) is 12.4 Å². The molecule has 11 heteroatoms. The number of anilines is 3. The summed E-state index contributed by atoms with van der Waals surface area (Å²) in [6.45, 7) is 9.62. The Labute approximate surface area is 229 Å². The number of benzene rings is 1. The highest BCUT2D eigenvalue weighted by Gasteiger charge is 2.38. The molecule has 0 aliphatic carbocycles. The molecular formula is C28H32N6O4S. The van der Waals surface area contributed by atoms with Crippen LogP contribution in [0.15, 0.2) is 31.1 Å². The zero-order valence-corrected chi connectivity index (χ0v) is 22.8. The SMILES string of the molecule is C#Cc1cc(C2CN(C3CCN(C(=O)C=C)C3)C2)cc2c1O[C@H](C)c1c(ncnc1N1CCS(=O)(=O)CC1)N2. The number of aromatic nitrogens is 2. The molecule has 2 atom stereocenters. The summed E-state index contributed by atoms with van der Waals surface area (Å²) >= 11 is 0. The average Bonchev–Trinajstić information content (AvgIpc) is 3.32. The number of nitrogens with zero attached hydrogens (tertiary/aromatic N) is 5. The molecule has 3 fully saturated rings. The Morgan fingerprint density at radius 2 is 1.97 bits per heavy atom. The van der Waals surface area contributed by atoms with Crippen LogP contribution in [0.1, 0.15) is 42.1 Å². The normalized spacial score (nSPS) is 24.3. The molecule has 1 aromatic carbocycles. The van der Waals surface area contributed by atoms with E-state index in [2.05, 4.69) is 38.8 Å². The number of terminal acetylenes is 1. The van der Waals surface area contributed by atoms with Crippen molar-refractivity contribution in [2.75, 3.05) is 61.0 Å². The van der Waals surface area contributed by atoms with Crippen molar-refractivity contribution in [1.29, 1.82) is 0 Å². The Bertz CT molecular complexity index is 1470. The zero-order valence-electron chi connectivity index (χ0n) is 22.0. The van der Waals surface area contributed by atoms with Crippen molar-refractivity contribution in [3.63, 3.8) is 0 Å². The Hall–Kier alpha value is -3.62. The molecule has 1 unspecified atom stereocenters. The summed E-state index contributed by atoms with van der Waals surface area (Å²) in [5, 5.41) is 3.45. The minimum atomic E-state index is -3.02. The lowest BCUT2D eigenvalue weighted by Crippen LogP contribution is -2.51. The average molecular weight is 549 g/mol. The van der Waals surface area contributed by atoms with Gasteiger partial charge < -0.3 is 19.9 Å². The Morgan fingerprint density at radius 3 is 2.69 bits per heavy atom. The number of ether oxygens (including phenoxy) is 1. The molecular weight excluding hydrogens is 516 g/mol. The van der Waals surface area contributed by atoms with Crippen molar-refractivity contribution in [3.05, 3.63) is 47.8 Å². The summed E-state index contributed by atoms with van der Waals surface area (Å²) in [6, 6.07) is 4.50. The van der Waals surface area contributed by atoms with Crippen LogP contribution < -0.4 is 15.0 Å². The Balaban J connectivity index is 1.23. The fourth-order valence-electron chi connectivity index (χ4n) is 6.00. The predicted octanol–water partition coefficient (Wildman–Crippen LogP) is 2.08. The van der Waals surface area contributed by atoms with Crippen molar-refractivity contribution < 1.29 is 17.9 Å². The quantitative estimate of drug-likeness (QED) is 0.454. The van der Waals surface area contributed by atoms with Crippen LogP contribution in [0.25, 0.3) is 0 Å². The molecule has 6 rings (SSSR count). The van der Waals surface area contributed by atoms with E-state index >= 15 is 0 Å². The van der Waals surface area contributed by atoms with Gasteiger partial charge in [-0.1, -0.05) is 12.5 Å². The van der Waals surface area contributed by atoms with E-state index in [0.29, 0.717) is 48.0 Å². The van der Waals surface area contributed by atoms with Crippen molar-refractivity contribution in [3.8, 4) is 18.1 Å². The van der Waals surface area contributed by atoms with Crippen LogP contribution >= 0.6 is 0 Å². The fraction of sp³-hybridized carbons (Fsp3) is 0.464. The molecule has 1 amide bonds. The molecule has 204 valence electrons. The number of carbonyl (C=O) groups is 1. The monoisotopic (exact) mass is 548 g/mol. The van der Waals surface area contributed by atoms with E-state index in [1.807, 2.05) is 22.8 Å². The number of hydrogen-bond donors (Lipinski definition) is 1. The molecule has 1 N–H and O–H groups in total. The number of likely N-dealkylation sites (tertiary alicyclic amines) is 2. The van der Waals surface area contributed by atoms with Crippen LogP contribution in [0.4, 0.5) is 17.3 Å². The molecule has 39 heavy (non-hydrogen) atoms. The van der Waals surface area contributed by atoms with Crippen LogP contribution in [-0.4, -0.2) is 90.9 Å². The number of hydrogen-bond acceptors (Lipinski definition) is 9. The molecule has 10 nitrogen and oxygen atoms in total. The lowest BCUT2D eigenvalue weighted by atomic mass is 9.88. The maximum absolute atomic E-state index is 12.0. The lowest BCUT2D eigenvalue weighted by molar-refractivity contribution is -0.125. The van der Waals surface area contributed by atoms with Gasteiger partial charge in [0.2, 0.25) is 5.91 Å². The van der Waals surface area contributed by atoms with Gasteiger partial charge in [-0.15, -0.1) is 6.42 Å². The second-order valence-corrected chi connectivity index (χ2v) is 13.0. The molecule has 4 aliphatic rings. The van der Waals surface area contributed by atoms with Crippen LogP contribution in [0.3, 0.4) is 0 Å². The highest BCUT2D eigenvalue weighted by atomic mass is 32.2. The van der Waals surface area contributed by atoms with E-state index in [-0.39, 0.29) is 17.4 Å². The first-order valence-corrected chi connectivity index (χ1v) is 15.1. The third-order valence-electron chi connectivity index (χ3n) is 8.28. The number of sulfone groups is 1. The summed E-state index contributed by atoms with van der Waals surface area (Å²) in [6.07, 6.45) is 9.41. The molecule has 0 spiro atoms. The van der Waals surface area contributed by atoms with Gasteiger partial charge in [0.05, 0.1) is 28.3 Å². The van der Waals surface area contributed by atoms with Crippen molar-refractivity contribution in [2.24, 2.45) is 0 Å². The molecule has 0 radical (unpaired) electrons. The standard InChI is InChI=1S/C28H32N6O4S/c1-4-19-12-20(21-14-34(15-21)22-6-7-33(16-22)24(35)5-2)13-23-26(19)38-18(3)25-27(31-23)29-17-30-28(25)32-8-10-39(36,37)11-9-32/h1,5,12-13,17-18,21-22H,2,6-11,14-16H2,3H3,(H,29,30,31)/t18-,22?/m1/s1. The van der Waals surface area contributed by atoms with Gasteiger partial charge in [-0.2, -0.15) is 0 Å². The molecule has 0 saturated carbocycles. The molecule has 0 bridgehead atoms. The Kier molecular flexibility index (Phi) is 6.47. The van der Waals surface area contributed by atoms with E-state index in [9.17, 15) is 13.2 Å². The predicted molar refractivity (Wildman–Crippen MR) is 149 cm³/mol. The van der Waals surface area contributed by atoms with Crippen LogP contribution in [-0.2, 0) is 14.6 Å². The smallest absolute Gasteiger partial charge is 0.246 e. The number of nitrogens with one attached hydrogen (secondary N) is 1. The third-order valence-corrected chi connectivity index (χ3v) is 9.88.